The van der Waals surface area contributed by atoms with Crippen molar-refractivity contribution in [1.82, 2.24) is 0 Å². The van der Waals surface area contributed by atoms with Crippen LogP contribution >= 0.6 is 0 Å². The van der Waals surface area contributed by atoms with E-state index in [-0.39, 0.29) is 29.6 Å². The van der Waals surface area contributed by atoms with Crippen LogP contribution in [0, 0.1) is 28.1 Å². The van der Waals surface area contributed by atoms with Crippen molar-refractivity contribution in [2.75, 3.05) is 0 Å². The fourth-order valence-electron chi connectivity index (χ4n) is 7.44. The van der Waals surface area contributed by atoms with E-state index in [1.165, 1.54) is 0 Å². The predicted octanol–water partition coefficient (Wildman–Crippen LogP) is 4.51. The summed E-state index contributed by atoms with van der Waals surface area (Å²) >= 11 is 0. The number of hydrogen-bond acceptors (Lipinski definition) is 6. The molecule has 2 unspecified atom stereocenters. The van der Waals surface area contributed by atoms with E-state index < -0.39 is 34.6 Å². The fourth-order valence-corrected chi connectivity index (χ4v) is 7.44. The number of fused-ring (bicyclic) bond motifs is 5. The summed E-state index contributed by atoms with van der Waals surface area (Å²) in [5.41, 5.74) is -0.716. The SMILES string of the molecule is CC1(C)C2CC(=O)O[C@@]3(C)C4=CC(=O)O[C@@H](c5ccoc5)[C@]4(C)CCC3[C@@]2(C)C=C[C@H]1O. The molecule has 0 spiro atoms. The van der Waals surface area contributed by atoms with E-state index in [9.17, 15) is 14.7 Å². The largest absolute Gasteiger partial charge is 0.472 e. The summed E-state index contributed by atoms with van der Waals surface area (Å²) in [4.78, 5) is 26.0. The summed E-state index contributed by atoms with van der Waals surface area (Å²) in [5.74, 6) is -0.836. The Kier molecular flexibility index (Phi) is 4.43. The molecular weight excluding hydrogens is 408 g/mol. The third-order valence-electron chi connectivity index (χ3n) is 9.18. The molecule has 172 valence electrons. The highest BCUT2D eigenvalue weighted by atomic mass is 16.6. The van der Waals surface area contributed by atoms with E-state index in [2.05, 4.69) is 19.9 Å². The van der Waals surface area contributed by atoms with Crippen LogP contribution in [0.2, 0.25) is 0 Å². The molecule has 5 rings (SSSR count). The van der Waals surface area contributed by atoms with Crippen molar-refractivity contribution in [3.8, 4) is 0 Å². The predicted molar refractivity (Wildman–Crippen MR) is 116 cm³/mol. The molecule has 2 fully saturated rings. The lowest BCUT2D eigenvalue weighted by molar-refractivity contribution is -0.175. The third-order valence-corrected chi connectivity index (χ3v) is 9.18. The van der Waals surface area contributed by atoms with E-state index in [1.54, 1.807) is 18.6 Å². The summed E-state index contributed by atoms with van der Waals surface area (Å²) in [5, 5.41) is 10.7. The molecule has 32 heavy (non-hydrogen) atoms. The number of allylic oxidation sites excluding steroid dienone is 1. The summed E-state index contributed by atoms with van der Waals surface area (Å²) in [7, 11) is 0. The van der Waals surface area contributed by atoms with Crippen LogP contribution in [0.25, 0.3) is 0 Å². The minimum Gasteiger partial charge on any atom is -0.472 e. The summed E-state index contributed by atoms with van der Waals surface area (Å²) < 4.78 is 17.4. The van der Waals surface area contributed by atoms with Gasteiger partial charge >= 0.3 is 11.9 Å². The molecule has 1 aromatic rings. The Balaban J connectivity index is 1.67. The van der Waals surface area contributed by atoms with E-state index in [0.29, 0.717) is 0 Å². The Labute approximate surface area is 188 Å². The van der Waals surface area contributed by atoms with Crippen LogP contribution in [0.5, 0.6) is 0 Å². The minimum absolute atomic E-state index is 0.0373. The number of aliphatic hydroxyl groups is 1. The van der Waals surface area contributed by atoms with Gasteiger partial charge in [-0.05, 0) is 48.2 Å². The number of ether oxygens (including phenoxy) is 2. The van der Waals surface area contributed by atoms with E-state index in [1.807, 2.05) is 32.9 Å². The summed E-state index contributed by atoms with van der Waals surface area (Å²) in [6.45, 7) is 10.3. The van der Waals surface area contributed by atoms with Gasteiger partial charge in [0, 0.05) is 29.4 Å². The number of furan rings is 1. The van der Waals surface area contributed by atoms with Gasteiger partial charge in [-0.25, -0.2) is 4.79 Å². The first-order valence-electron chi connectivity index (χ1n) is 11.5. The zero-order valence-electron chi connectivity index (χ0n) is 19.4. The van der Waals surface area contributed by atoms with Gasteiger partial charge in [0.1, 0.15) is 11.7 Å². The number of esters is 2. The number of carbonyl (C=O) groups excluding carboxylic acids is 2. The Morgan fingerprint density at radius 1 is 1.09 bits per heavy atom. The Morgan fingerprint density at radius 2 is 1.84 bits per heavy atom. The topological polar surface area (TPSA) is 86.0 Å². The third kappa shape index (κ3) is 2.68. The molecule has 6 heteroatoms. The average Bonchev–Trinajstić information content (AvgIpc) is 3.21. The van der Waals surface area contributed by atoms with Crippen LogP contribution in [0.4, 0.5) is 0 Å². The molecule has 1 saturated heterocycles. The Morgan fingerprint density at radius 3 is 2.53 bits per heavy atom. The summed E-state index contributed by atoms with van der Waals surface area (Å²) in [6, 6.07) is 1.82. The van der Waals surface area contributed by atoms with Crippen molar-refractivity contribution in [2.24, 2.45) is 28.1 Å². The molecular formula is C26H32O6. The average molecular weight is 441 g/mol. The van der Waals surface area contributed by atoms with Gasteiger partial charge < -0.3 is 19.0 Å². The van der Waals surface area contributed by atoms with Gasteiger partial charge in [-0.15, -0.1) is 0 Å². The number of rotatable bonds is 1. The number of cyclic esters (lactones) is 1. The van der Waals surface area contributed by atoms with Gasteiger partial charge in [0.15, 0.2) is 0 Å². The van der Waals surface area contributed by atoms with Crippen molar-refractivity contribution >= 4 is 11.9 Å². The maximum atomic E-state index is 13.2. The first kappa shape index (κ1) is 21.5. The molecule has 0 amide bonds. The quantitative estimate of drug-likeness (QED) is 0.511. The zero-order chi connectivity index (χ0) is 23.1. The zero-order valence-corrected chi connectivity index (χ0v) is 19.4. The first-order chi connectivity index (χ1) is 14.9. The molecule has 2 aliphatic heterocycles. The normalized spacial score (nSPS) is 44.9. The van der Waals surface area contributed by atoms with Crippen molar-refractivity contribution in [3.63, 3.8) is 0 Å². The van der Waals surface area contributed by atoms with Gasteiger partial charge in [0.2, 0.25) is 0 Å². The molecule has 1 saturated carbocycles. The molecule has 4 aliphatic rings. The van der Waals surface area contributed by atoms with Gasteiger partial charge in [-0.2, -0.15) is 0 Å². The standard InChI is InChI=1S/C26H32O6/c1-23(2)17-12-21(29)32-26(5)16(24(17,3)10-7-19(23)27)6-9-25(4)18(26)13-20(28)31-22(25)15-8-11-30-14-15/h7-8,10-11,13-14,16-17,19,22,27H,6,9,12H2,1-5H3/t16?,17?,19-,22+,24-,25-,26-/m1/s1. The van der Waals surface area contributed by atoms with Crippen LogP contribution in [-0.2, 0) is 19.1 Å². The highest BCUT2D eigenvalue weighted by Gasteiger charge is 2.66. The molecule has 7 atom stereocenters. The van der Waals surface area contributed by atoms with Crippen LogP contribution in [-0.4, -0.2) is 28.8 Å². The smallest absolute Gasteiger partial charge is 0.331 e. The number of carbonyl (C=O) groups is 2. The fraction of sp³-hybridized carbons (Fsp3) is 0.615. The first-order valence-corrected chi connectivity index (χ1v) is 11.5. The number of aliphatic hydroxyl groups excluding tert-OH is 1. The van der Waals surface area contributed by atoms with Crippen molar-refractivity contribution in [1.29, 1.82) is 0 Å². The maximum absolute atomic E-state index is 13.2. The van der Waals surface area contributed by atoms with Crippen LogP contribution in [0.15, 0.2) is 46.8 Å². The molecule has 1 N–H and O–H groups in total. The minimum atomic E-state index is -0.961. The lowest BCUT2D eigenvalue weighted by Crippen LogP contribution is -2.59. The monoisotopic (exact) mass is 440 g/mol. The van der Waals surface area contributed by atoms with E-state index >= 15 is 0 Å². The molecule has 2 aliphatic carbocycles. The van der Waals surface area contributed by atoms with Crippen molar-refractivity contribution in [3.05, 3.63) is 48.0 Å². The van der Waals surface area contributed by atoms with Gasteiger partial charge in [0.05, 0.1) is 18.6 Å². The lowest BCUT2D eigenvalue weighted by Gasteiger charge is -2.59. The summed E-state index contributed by atoms with van der Waals surface area (Å²) in [6.07, 6.45) is 9.39. The Bertz CT molecular complexity index is 1020. The van der Waals surface area contributed by atoms with Crippen molar-refractivity contribution < 1.29 is 28.6 Å². The lowest BCUT2D eigenvalue weighted by atomic mass is 9.46. The van der Waals surface area contributed by atoms with E-state index in [4.69, 9.17) is 13.9 Å². The second kappa shape index (κ2) is 6.60. The van der Waals surface area contributed by atoms with Gasteiger partial charge in [0.25, 0.3) is 0 Å². The second-order valence-corrected chi connectivity index (χ2v) is 11.3. The molecule has 0 radical (unpaired) electrons. The second-order valence-electron chi connectivity index (χ2n) is 11.3. The highest BCUT2D eigenvalue weighted by Crippen LogP contribution is 2.66. The molecule has 0 bridgehead atoms. The highest BCUT2D eigenvalue weighted by molar-refractivity contribution is 5.85. The van der Waals surface area contributed by atoms with Crippen LogP contribution in [0.1, 0.15) is 65.5 Å². The van der Waals surface area contributed by atoms with E-state index in [0.717, 1.165) is 24.0 Å². The molecule has 0 aromatic carbocycles. The van der Waals surface area contributed by atoms with Gasteiger partial charge in [-0.1, -0.05) is 39.8 Å². The molecule has 3 heterocycles. The molecule has 1 aromatic heterocycles. The Hall–Kier alpha value is -2.34. The number of hydrogen-bond donors (Lipinski definition) is 1. The van der Waals surface area contributed by atoms with Crippen molar-refractivity contribution in [2.45, 2.75) is 71.7 Å². The maximum Gasteiger partial charge on any atom is 0.331 e. The molecule has 6 nitrogen and oxygen atoms in total. The van der Waals surface area contributed by atoms with Crippen LogP contribution in [0.3, 0.4) is 0 Å². The van der Waals surface area contributed by atoms with Crippen LogP contribution < -0.4 is 0 Å². The van der Waals surface area contributed by atoms with Gasteiger partial charge in [-0.3, -0.25) is 4.79 Å².